The van der Waals surface area contributed by atoms with Crippen LogP contribution in [0.4, 0.5) is 0 Å². The van der Waals surface area contributed by atoms with E-state index < -0.39 is 10.0 Å². The normalized spacial score (nSPS) is 13.9. The van der Waals surface area contributed by atoms with Crippen LogP contribution in [0.3, 0.4) is 0 Å². The van der Waals surface area contributed by atoms with E-state index in [9.17, 15) is 8.42 Å². The molecule has 92 valence electrons. The van der Waals surface area contributed by atoms with E-state index in [2.05, 4.69) is 5.32 Å². The molecular weight excluding hydrogens is 232 g/mol. The van der Waals surface area contributed by atoms with Gasteiger partial charge in [-0.3, -0.25) is 0 Å². The molecule has 0 radical (unpaired) electrons. The van der Waals surface area contributed by atoms with E-state index in [4.69, 9.17) is 14.7 Å². The number of rotatable bonds is 6. The zero-order chi connectivity index (χ0) is 12.2. The Labute approximate surface area is 94.5 Å². The summed E-state index contributed by atoms with van der Waals surface area (Å²) in [5, 5.41) is 16.4. The van der Waals surface area contributed by atoms with Crippen LogP contribution in [0.25, 0.3) is 0 Å². The molecule has 0 fully saturated rings. The Balaban J connectivity index is 2.53. The molecule has 7 heteroatoms. The molecule has 0 aromatic carbocycles. The van der Waals surface area contributed by atoms with Gasteiger partial charge >= 0.3 is 0 Å². The van der Waals surface area contributed by atoms with Crippen molar-refractivity contribution in [3.63, 3.8) is 0 Å². The average Bonchev–Trinajstić information content (AvgIpc) is 2.63. The van der Waals surface area contributed by atoms with E-state index >= 15 is 0 Å². The standard InChI is InChI=1S/C9H16N2O4S/c1-7(4-5-12)11-6-8-2-3-9(15-8)16(10,13)14/h2-3,7,11-12H,4-6H2,1H3,(H2,10,13,14). The summed E-state index contributed by atoms with van der Waals surface area (Å²) >= 11 is 0. The number of aliphatic hydroxyl groups excluding tert-OH is 1. The van der Waals surface area contributed by atoms with Crippen molar-refractivity contribution in [3.05, 3.63) is 17.9 Å². The Kier molecular flexibility index (Phi) is 4.48. The van der Waals surface area contributed by atoms with Gasteiger partial charge in [0.05, 0.1) is 6.54 Å². The Morgan fingerprint density at radius 2 is 2.25 bits per heavy atom. The maximum Gasteiger partial charge on any atom is 0.271 e. The first-order chi connectivity index (χ1) is 7.43. The number of hydrogen-bond donors (Lipinski definition) is 3. The molecule has 0 aliphatic heterocycles. The molecule has 1 atom stereocenters. The van der Waals surface area contributed by atoms with Crippen LogP contribution in [0.1, 0.15) is 19.1 Å². The number of nitrogens with one attached hydrogen (secondary N) is 1. The van der Waals surface area contributed by atoms with Crippen LogP contribution >= 0.6 is 0 Å². The van der Waals surface area contributed by atoms with Crippen LogP contribution in [-0.2, 0) is 16.6 Å². The highest BCUT2D eigenvalue weighted by molar-refractivity contribution is 7.89. The molecule has 16 heavy (non-hydrogen) atoms. The highest BCUT2D eigenvalue weighted by atomic mass is 32.2. The Morgan fingerprint density at radius 1 is 1.56 bits per heavy atom. The number of hydrogen-bond acceptors (Lipinski definition) is 5. The van der Waals surface area contributed by atoms with Gasteiger partial charge in [-0.1, -0.05) is 0 Å². The molecule has 0 aliphatic carbocycles. The minimum atomic E-state index is -3.77. The third kappa shape index (κ3) is 3.93. The van der Waals surface area contributed by atoms with Crippen molar-refractivity contribution in [2.75, 3.05) is 6.61 Å². The highest BCUT2D eigenvalue weighted by Gasteiger charge is 2.13. The van der Waals surface area contributed by atoms with Gasteiger partial charge in [0.2, 0.25) is 5.09 Å². The van der Waals surface area contributed by atoms with Crippen LogP contribution < -0.4 is 10.5 Å². The number of aliphatic hydroxyl groups is 1. The van der Waals surface area contributed by atoms with E-state index in [0.29, 0.717) is 18.7 Å². The van der Waals surface area contributed by atoms with E-state index in [1.54, 1.807) is 6.07 Å². The number of primary sulfonamides is 1. The molecule has 1 aromatic rings. The van der Waals surface area contributed by atoms with Gasteiger partial charge in [-0.05, 0) is 25.5 Å². The van der Waals surface area contributed by atoms with Gasteiger partial charge in [-0.2, -0.15) is 0 Å². The lowest BCUT2D eigenvalue weighted by Gasteiger charge is -2.10. The predicted molar refractivity (Wildman–Crippen MR) is 58.1 cm³/mol. The molecule has 0 saturated carbocycles. The minimum absolute atomic E-state index is 0.106. The summed E-state index contributed by atoms with van der Waals surface area (Å²) in [6.07, 6.45) is 0.628. The molecule has 0 spiro atoms. The number of furan rings is 1. The van der Waals surface area contributed by atoms with E-state index in [-0.39, 0.29) is 17.7 Å². The molecule has 1 unspecified atom stereocenters. The van der Waals surface area contributed by atoms with Crippen molar-refractivity contribution in [1.82, 2.24) is 5.32 Å². The van der Waals surface area contributed by atoms with Gasteiger partial charge < -0.3 is 14.8 Å². The smallest absolute Gasteiger partial charge is 0.271 e. The predicted octanol–water partition coefficient (Wildman–Crippen LogP) is -0.212. The molecule has 0 aliphatic rings. The van der Waals surface area contributed by atoms with Crippen molar-refractivity contribution in [2.24, 2.45) is 5.14 Å². The van der Waals surface area contributed by atoms with Gasteiger partial charge in [0.25, 0.3) is 10.0 Å². The van der Waals surface area contributed by atoms with Gasteiger partial charge in [0.15, 0.2) is 0 Å². The molecular formula is C9H16N2O4S. The van der Waals surface area contributed by atoms with Gasteiger partial charge in [-0.25, -0.2) is 13.6 Å². The lowest BCUT2D eigenvalue weighted by molar-refractivity contribution is 0.266. The Bertz CT molecular complexity index is 426. The van der Waals surface area contributed by atoms with Crippen LogP contribution in [-0.4, -0.2) is 26.2 Å². The Morgan fingerprint density at radius 3 is 2.75 bits per heavy atom. The zero-order valence-electron chi connectivity index (χ0n) is 9.01. The van der Waals surface area contributed by atoms with Crippen molar-refractivity contribution in [1.29, 1.82) is 0 Å². The van der Waals surface area contributed by atoms with E-state index in [1.165, 1.54) is 6.07 Å². The molecule has 0 saturated heterocycles. The first-order valence-electron chi connectivity index (χ1n) is 4.89. The molecule has 4 N–H and O–H groups in total. The third-order valence-corrected chi connectivity index (χ3v) is 2.88. The first-order valence-corrected chi connectivity index (χ1v) is 6.44. The fraction of sp³-hybridized carbons (Fsp3) is 0.556. The van der Waals surface area contributed by atoms with Crippen LogP contribution in [0, 0.1) is 0 Å². The summed E-state index contributed by atoms with van der Waals surface area (Å²) in [6, 6.07) is 3.01. The lowest BCUT2D eigenvalue weighted by Crippen LogP contribution is -2.26. The van der Waals surface area contributed by atoms with Crippen LogP contribution in [0.2, 0.25) is 0 Å². The van der Waals surface area contributed by atoms with Crippen molar-refractivity contribution < 1.29 is 17.9 Å². The second-order valence-corrected chi connectivity index (χ2v) is 5.05. The fourth-order valence-electron chi connectivity index (χ4n) is 1.18. The van der Waals surface area contributed by atoms with E-state index in [1.807, 2.05) is 6.92 Å². The lowest BCUT2D eigenvalue weighted by atomic mass is 10.2. The summed E-state index contributed by atoms with van der Waals surface area (Å²) in [5.41, 5.74) is 0. The summed E-state index contributed by atoms with van der Waals surface area (Å²) in [7, 11) is -3.77. The van der Waals surface area contributed by atoms with Crippen LogP contribution in [0.5, 0.6) is 0 Å². The summed E-state index contributed by atoms with van der Waals surface area (Å²) < 4.78 is 26.9. The number of sulfonamides is 1. The zero-order valence-corrected chi connectivity index (χ0v) is 9.83. The van der Waals surface area contributed by atoms with Crippen molar-refractivity contribution in [3.8, 4) is 0 Å². The summed E-state index contributed by atoms with van der Waals surface area (Å²) in [5.74, 6) is 0.494. The minimum Gasteiger partial charge on any atom is -0.447 e. The quantitative estimate of drug-likeness (QED) is 0.646. The maximum atomic E-state index is 10.9. The van der Waals surface area contributed by atoms with Gasteiger partial charge in [-0.15, -0.1) is 0 Å². The van der Waals surface area contributed by atoms with Crippen molar-refractivity contribution >= 4 is 10.0 Å². The fourth-order valence-corrected chi connectivity index (χ4v) is 1.66. The third-order valence-electron chi connectivity index (χ3n) is 2.10. The second-order valence-electron chi connectivity index (χ2n) is 3.56. The van der Waals surface area contributed by atoms with Crippen molar-refractivity contribution in [2.45, 2.75) is 31.0 Å². The monoisotopic (exact) mass is 248 g/mol. The van der Waals surface area contributed by atoms with Gasteiger partial charge in [0, 0.05) is 12.6 Å². The molecule has 1 rings (SSSR count). The van der Waals surface area contributed by atoms with Gasteiger partial charge in [0.1, 0.15) is 5.76 Å². The summed E-state index contributed by atoms with van der Waals surface area (Å²) in [4.78, 5) is 0. The molecule has 1 heterocycles. The topological polar surface area (TPSA) is 106 Å². The average molecular weight is 248 g/mol. The molecule has 0 bridgehead atoms. The first kappa shape index (κ1) is 13.2. The largest absolute Gasteiger partial charge is 0.447 e. The molecule has 6 nitrogen and oxygen atoms in total. The van der Waals surface area contributed by atoms with Crippen LogP contribution in [0.15, 0.2) is 21.6 Å². The van der Waals surface area contributed by atoms with E-state index in [0.717, 1.165) is 0 Å². The SMILES string of the molecule is CC(CCO)NCc1ccc(S(N)(=O)=O)o1. The Hall–Kier alpha value is -0.890. The maximum absolute atomic E-state index is 10.9. The second kappa shape index (κ2) is 5.44. The molecule has 1 aromatic heterocycles. The molecule has 0 amide bonds. The number of nitrogens with two attached hydrogens (primary N) is 1. The highest BCUT2D eigenvalue weighted by Crippen LogP contribution is 2.12. The summed E-state index contributed by atoms with van der Waals surface area (Å²) in [6.45, 7) is 2.42.